The molecular weight excluding hydrogens is 162 g/mol. The number of urea groups is 1. The van der Waals surface area contributed by atoms with Gasteiger partial charge in [-0.25, -0.2) is 9.59 Å². The molecule has 0 bridgehead atoms. The molecule has 3 N–H and O–H groups in total. The minimum atomic E-state index is -0.506. The van der Waals surface area contributed by atoms with E-state index in [0.717, 1.165) is 0 Å². The third kappa shape index (κ3) is 5.33. The molecule has 0 spiro atoms. The van der Waals surface area contributed by atoms with E-state index in [1.54, 1.807) is 0 Å². The van der Waals surface area contributed by atoms with Gasteiger partial charge >= 0.3 is 12.1 Å². The molecule has 0 saturated carbocycles. The Morgan fingerprint density at radius 1 is 1.25 bits per heavy atom. The number of hydrogen-bond donors (Lipinski definition) is 3. The maximum Gasteiger partial charge on any atom is 0.406 e. The molecule has 3 amide bonds. The topological polar surface area (TPSA) is 79.5 Å². The second-order valence-corrected chi connectivity index (χ2v) is 1.92. The maximum absolute atomic E-state index is 10.6. The van der Waals surface area contributed by atoms with Crippen LogP contribution in [0.4, 0.5) is 9.59 Å². The van der Waals surface area contributed by atoms with Crippen LogP contribution in [0.1, 0.15) is 0 Å². The van der Waals surface area contributed by atoms with Crippen molar-refractivity contribution in [3.63, 3.8) is 0 Å². The molecule has 70 valence electrons. The van der Waals surface area contributed by atoms with Crippen LogP contribution in [-0.4, -0.2) is 39.4 Å². The van der Waals surface area contributed by atoms with Crippen molar-refractivity contribution >= 4 is 12.1 Å². The van der Waals surface area contributed by atoms with Crippen molar-refractivity contribution in [3.05, 3.63) is 0 Å². The summed E-state index contributed by atoms with van der Waals surface area (Å²) in [5, 5.41) is 7.27. The van der Waals surface area contributed by atoms with Gasteiger partial charge in [0.1, 0.15) is 0 Å². The van der Waals surface area contributed by atoms with Crippen LogP contribution in [0, 0.1) is 0 Å². The summed E-state index contributed by atoms with van der Waals surface area (Å²) >= 11 is 0. The molecule has 0 aliphatic carbocycles. The summed E-state index contributed by atoms with van der Waals surface area (Å²) < 4.78 is 4.31. The molecule has 12 heavy (non-hydrogen) atoms. The minimum absolute atomic E-state index is 0.276. The van der Waals surface area contributed by atoms with Crippen molar-refractivity contribution in [2.75, 3.05) is 27.2 Å². The number of alkyl carbamates (subject to hydrolysis) is 1. The predicted molar refractivity (Wildman–Crippen MR) is 42.9 cm³/mol. The number of carbonyl (C=O) groups is 2. The van der Waals surface area contributed by atoms with Crippen LogP contribution in [0.25, 0.3) is 0 Å². The quantitative estimate of drug-likeness (QED) is 0.495. The molecular formula is C6H13N3O3. The van der Waals surface area contributed by atoms with Gasteiger partial charge in [-0.1, -0.05) is 0 Å². The van der Waals surface area contributed by atoms with Crippen molar-refractivity contribution in [1.82, 2.24) is 16.0 Å². The summed E-state index contributed by atoms with van der Waals surface area (Å²) in [5.41, 5.74) is 0. The Hall–Kier alpha value is -1.46. The Morgan fingerprint density at radius 3 is 2.33 bits per heavy atom. The molecule has 0 aromatic carbocycles. The standard InChI is InChI=1S/C6H13N3O3/c1-7-5(10)8-3-4-9-6(11)12-2/h3-4H2,1-2H3,(H,9,11)(H2,7,8,10). The monoisotopic (exact) mass is 175 g/mol. The first-order valence-electron chi connectivity index (χ1n) is 3.48. The summed E-state index contributed by atoms with van der Waals surface area (Å²) in [6.45, 7) is 0.717. The molecule has 6 heteroatoms. The fourth-order valence-corrected chi connectivity index (χ4v) is 0.501. The van der Waals surface area contributed by atoms with Crippen LogP contribution in [0.2, 0.25) is 0 Å². The lowest BCUT2D eigenvalue weighted by molar-refractivity contribution is 0.171. The summed E-state index contributed by atoms with van der Waals surface area (Å²) in [6.07, 6.45) is -0.506. The first kappa shape index (κ1) is 10.5. The van der Waals surface area contributed by atoms with Gasteiger partial charge in [0.25, 0.3) is 0 Å². The lowest BCUT2D eigenvalue weighted by Crippen LogP contribution is -2.38. The molecule has 0 aliphatic rings. The number of methoxy groups -OCH3 is 1. The van der Waals surface area contributed by atoms with Gasteiger partial charge in [0, 0.05) is 20.1 Å². The average molecular weight is 175 g/mol. The Balaban J connectivity index is 3.21. The van der Waals surface area contributed by atoms with Gasteiger partial charge < -0.3 is 20.7 Å². The highest BCUT2D eigenvalue weighted by Gasteiger charge is 1.97. The van der Waals surface area contributed by atoms with Crippen molar-refractivity contribution < 1.29 is 14.3 Å². The normalized spacial score (nSPS) is 8.50. The molecule has 0 radical (unpaired) electrons. The zero-order valence-electron chi connectivity index (χ0n) is 7.14. The van der Waals surface area contributed by atoms with Crippen molar-refractivity contribution in [1.29, 1.82) is 0 Å². The first-order valence-corrected chi connectivity index (χ1v) is 3.48. The Bertz CT molecular complexity index is 142. The number of hydrogen-bond acceptors (Lipinski definition) is 3. The average Bonchev–Trinajstić information content (AvgIpc) is 2.11. The Morgan fingerprint density at radius 2 is 1.83 bits per heavy atom. The van der Waals surface area contributed by atoms with E-state index in [1.807, 2.05) is 0 Å². The third-order valence-corrected chi connectivity index (χ3v) is 1.09. The van der Waals surface area contributed by atoms with Gasteiger partial charge in [-0.05, 0) is 0 Å². The van der Waals surface area contributed by atoms with Crippen LogP contribution in [0.15, 0.2) is 0 Å². The molecule has 0 aliphatic heterocycles. The third-order valence-electron chi connectivity index (χ3n) is 1.09. The number of nitrogens with one attached hydrogen (secondary N) is 3. The van der Waals surface area contributed by atoms with Crippen molar-refractivity contribution in [2.24, 2.45) is 0 Å². The van der Waals surface area contributed by atoms with E-state index in [0.29, 0.717) is 13.1 Å². The van der Waals surface area contributed by atoms with Crippen LogP contribution < -0.4 is 16.0 Å². The number of ether oxygens (including phenoxy) is 1. The molecule has 0 aromatic heterocycles. The van der Waals surface area contributed by atoms with Crippen LogP contribution in [0.3, 0.4) is 0 Å². The van der Waals surface area contributed by atoms with E-state index < -0.39 is 6.09 Å². The second kappa shape index (κ2) is 6.26. The highest BCUT2D eigenvalue weighted by atomic mass is 16.5. The number of rotatable bonds is 3. The summed E-state index contributed by atoms with van der Waals surface area (Å²) in [6, 6.07) is -0.276. The van der Waals surface area contributed by atoms with Gasteiger partial charge in [-0.3, -0.25) is 0 Å². The van der Waals surface area contributed by atoms with Crippen molar-refractivity contribution in [2.45, 2.75) is 0 Å². The van der Waals surface area contributed by atoms with Gasteiger partial charge in [-0.2, -0.15) is 0 Å². The van der Waals surface area contributed by atoms with Crippen LogP contribution >= 0.6 is 0 Å². The van der Waals surface area contributed by atoms with E-state index >= 15 is 0 Å². The van der Waals surface area contributed by atoms with Crippen LogP contribution in [0.5, 0.6) is 0 Å². The molecule has 0 atom stereocenters. The van der Waals surface area contributed by atoms with E-state index in [2.05, 4.69) is 20.7 Å². The number of amides is 3. The SMILES string of the molecule is CNC(=O)NCCNC(=O)OC. The smallest absolute Gasteiger partial charge is 0.406 e. The molecule has 0 saturated heterocycles. The lowest BCUT2D eigenvalue weighted by atomic mass is 10.6. The zero-order chi connectivity index (χ0) is 9.40. The zero-order valence-corrected chi connectivity index (χ0v) is 7.14. The molecule has 0 fully saturated rings. The second-order valence-electron chi connectivity index (χ2n) is 1.92. The van der Waals surface area contributed by atoms with E-state index in [1.165, 1.54) is 14.2 Å². The molecule has 6 nitrogen and oxygen atoms in total. The maximum atomic E-state index is 10.6. The molecule has 0 rings (SSSR count). The van der Waals surface area contributed by atoms with E-state index in [4.69, 9.17) is 0 Å². The van der Waals surface area contributed by atoms with Gasteiger partial charge in [0.05, 0.1) is 7.11 Å². The molecule has 0 aromatic rings. The largest absolute Gasteiger partial charge is 0.453 e. The summed E-state index contributed by atoms with van der Waals surface area (Å²) in [4.78, 5) is 21.0. The fraction of sp³-hybridized carbons (Fsp3) is 0.667. The molecule has 0 unspecified atom stereocenters. The highest BCUT2D eigenvalue weighted by Crippen LogP contribution is 1.68. The van der Waals surface area contributed by atoms with E-state index in [-0.39, 0.29) is 6.03 Å². The highest BCUT2D eigenvalue weighted by molar-refractivity contribution is 5.73. The first-order chi connectivity index (χ1) is 5.70. The predicted octanol–water partition coefficient (Wildman–Crippen LogP) is -0.729. The van der Waals surface area contributed by atoms with Crippen molar-refractivity contribution in [3.8, 4) is 0 Å². The Kier molecular flexibility index (Phi) is 5.50. The summed E-state index contributed by atoms with van der Waals surface area (Å²) in [7, 11) is 2.80. The van der Waals surface area contributed by atoms with Gasteiger partial charge in [-0.15, -0.1) is 0 Å². The number of carbonyl (C=O) groups excluding carboxylic acids is 2. The Labute approximate surface area is 70.7 Å². The van der Waals surface area contributed by atoms with E-state index in [9.17, 15) is 9.59 Å². The van der Waals surface area contributed by atoms with Gasteiger partial charge in [0.2, 0.25) is 0 Å². The van der Waals surface area contributed by atoms with Gasteiger partial charge in [0.15, 0.2) is 0 Å². The minimum Gasteiger partial charge on any atom is -0.453 e. The summed E-state index contributed by atoms with van der Waals surface area (Å²) in [5.74, 6) is 0. The van der Waals surface area contributed by atoms with Crippen LogP contribution in [-0.2, 0) is 4.74 Å². The fourth-order valence-electron chi connectivity index (χ4n) is 0.501. The lowest BCUT2D eigenvalue weighted by Gasteiger charge is -2.04. The molecule has 0 heterocycles.